The number of ether oxygens (including phenoxy) is 1. The second-order valence-electron chi connectivity index (χ2n) is 6.34. The number of thioether (sulfide) groups is 1. The summed E-state index contributed by atoms with van der Waals surface area (Å²) in [6, 6.07) is 11.8. The van der Waals surface area contributed by atoms with Gasteiger partial charge in [0.2, 0.25) is 5.91 Å². The number of pyridine rings is 1. The van der Waals surface area contributed by atoms with Gasteiger partial charge >= 0.3 is 0 Å². The number of hydrogen-bond donors (Lipinski definition) is 1. The Kier molecular flexibility index (Phi) is 7.95. The number of nitrogens with one attached hydrogen (secondary N) is 1. The van der Waals surface area contributed by atoms with Gasteiger partial charge < -0.3 is 10.1 Å². The van der Waals surface area contributed by atoms with E-state index in [0.717, 1.165) is 29.4 Å². The Bertz CT molecular complexity index is 726. The number of halogens is 1. The summed E-state index contributed by atoms with van der Waals surface area (Å²) < 4.78 is 5.47. The minimum atomic E-state index is 0.0411. The summed E-state index contributed by atoms with van der Waals surface area (Å²) in [6.45, 7) is 3.62. The molecule has 1 fully saturated rings. The van der Waals surface area contributed by atoms with Crippen LogP contribution in [0, 0.1) is 0 Å². The zero-order chi connectivity index (χ0) is 18.9. The number of nitrogens with zero attached hydrogens (tertiary/aromatic N) is 2. The molecule has 1 aromatic heterocycles. The molecule has 1 amide bonds. The summed E-state index contributed by atoms with van der Waals surface area (Å²) in [5.74, 6) is 1.27. The Balaban J connectivity index is 1.54. The molecule has 1 aliphatic heterocycles. The van der Waals surface area contributed by atoms with Gasteiger partial charge in [0.25, 0.3) is 0 Å². The van der Waals surface area contributed by atoms with E-state index in [0.29, 0.717) is 25.5 Å². The van der Waals surface area contributed by atoms with Crippen molar-refractivity contribution in [2.75, 3.05) is 38.6 Å². The molecule has 0 bridgehead atoms. The van der Waals surface area contributed by atoms with E-state index in [2.05, 4.69) is 15.2 Å². The molecule has 1 aliphatic rings. The van der Waals surface area contributed by atoms with Crippen LogP contribution in [0.15, 0.2) is 48.8 Å². The first kappa shape index (κ1) is 20.1. The average molecular weight is 406 g/mol. The zero-order valence-electron chi connectivity index (χ0n) is 15.1. The van der Waals surface area contributed by atoms with Crippen molar-refractivity contribution >= 4 is 29.3 Å². The van der Waals surface area contributed by atoms with Crippen LogP contribution in [0.25, 0.3) is 0 Å². The van der Waals surface area contributed by atoms with E-state index in [9.17, 15) is 4.79 Å². The summed E-state index contributed by atoms with van der Waals surface area (Å²) in [7, 11) is 0. The lowest BCUT2D eigenvalue weighted by Crippen LogP contribution is -2.44. The summed E-state index contributed by atoms with van der Waals surface area (Å²) in [5, 5.41) is 3.81. The van der Waals surface area contributed by atoms with Crippen LogP contribution in [-0.4, -0.2) is 54.4 Å². The van der Waals surface area contributed by atoms with Crippen molar-refractivity contribution in [1.82, 2.24) is 15.2 Å². The van der Waals surface area contributed by atoms with Crippen LogP contribution < -0.4 is 5.32 Å². The third-order valence-corrected chi connectivity index (χ3v) is 5.84. The molecule has 7 heteroatoms. The number of rotatable bonds is 8. The Hall–Kier alpha value is -1.60. The standard InChI is InChI=1S/C20H24ClN3O2S/c21-18-4-2-1-3-17(18)19(24-9-11-26-12-10-24)13-23-20(25)15-27-14-16-5-7-22-8-6-16/h1-8,19H,9-15H2,(H,23,25). The van der Waals surface area contributed by atoms with Crippen LogP contribution in [0.1, 0.15) is 17.2 Å². The third kappa shape index (κ3) is 6.21. The fourth-order valence-corrected chi connectivity index (χ4v) is 4.15. The van der Waals surface area contributed by atoms with Crippen molar-refractivity contribution in [3.63, 3.8) is 0 Å². The van der Waals surface area contributed by atoms with Gasteiger partial charge in [0, 0.05) is 42.8 Å². The molecule has 0 spiro atoms. The highest BCUT2D eigenvalue weighted by Crippen LogP contribution is 2.27. The minimum Gasteiger partial charge on any atom is -0.379 e. The molecule has 1 unspecified atom stereocenters. The number of aromatic nitrogens is 1. The first-order valence-corrected chi connectivity index (χ1v) is 10.6. The Morgan fingerprint density at radius 1 is 1.22 bits per heavy atom. The molecule has 1 N–H and O–H groups in total. The summed E-state index contributed by atoms with van der Waals surface area (Å²) in [6.07, 6.45) is 3.54. The summed E-state index contributed by atoms with van der Waals surface area (Å²) >= 11 is 8.03. The number of hydrogen-bond acceptors (Lipinski definition) is 5. The van der Waals surface area contributed by atoms with Gasteiger partial charge in [0.15, 0.2) is 0 Å². The molecule has 0 radical (unpaired) electrons. The first-order chi connectivity index (χ1) is 13.2. The molecular formula is C20H24ClN3O2S. The fraction of sp³-hybridized carbons (Fsp3) is 0.400. The molecular weight excluding hydrogens is 382 g/mol. The molecule has 1 saturated heterocycles. The lowest BCUT2D eigenvalue weighted by molar-refractivity contribution is -0.118. The third-order valence-electron chi connectivity index (χ3n) is 4.49. The van der Waals surface area contributed by atoms with Gasteiger partial charge in [0.05, 0.1) is 25.0 Å². The van der Waals surface area contributed by atoms with Crippen molar-refractivity contribution in [3.8, 4) is 0 Å². The average Bonchev–Trinajstić information content (AvgIpc) is 2.71. The van der Waals surface area contributed by atoms with Gasteiger partial charge in [-0.3, -0.25) is 14.7 Å². The van der Waals surface area contributed by atoms with E-state index in [1.165, 1.54) is 5.56 Å². The molecule has 2 aromatic rings. The highest BCUT2D eigenvalue weighted by molar-refractivity contribution is 7.99. The van der Waals surface area contributed by atoms with E-state index < -0.39 is 0 Å². The lowest BCUT2D eigenvalue weighted by atomic mass is 10.0. The maximum absolute atomic E-state index is 12.3. The van der Waals surface area contributed by atoms with Crippen LogP contribution in [0.5, 0.6) is 0 Å². The predicted molar refractivity (Wildman–Crippen MR) is 110 cm³/mol. The zero-order valence-corrected chi connectivity index (χ0v) is 16.7. The second-order valence-corrected chi connectivity index (χ2v) is 7.73. The van der Waals surface area contributed by atoms with Gasteiger partial charge in [-0.15, -0.1) is 11.8 Å². The van der Waals surface area contributed by atoms with E-state index >= 15 is 0 Å². The number of carbonyl (C=O) groups excluding carboxylic acids is 1. The lowest BCUT2D eigenvalue weighted by Gasteiger charge is -2.35. The van der Waals surface area contributed by atoms with Crippen LogP contribution in [0.2, 0.25) is 5.02 Å². The van der Waals surface area contributed by atoms with E-state index in [4.69, 9.17) is 16.3 Å². The molecule has 27 heavy (non-hydrogen) atoms. The van der Waals surface area contributed by atoms with Crippen LogP contribution in [0.4, 0.5) is 0 Å². The molecule has 3 rings (SSSR count). The molecule has 1 atom stereocenters. The van der Waals surface area contributed by atoms with Crippen molar-refractivity contribution in [2.45, 2.75) is 11.8 Å². The topological polar surface area (TPSA) is 54.5 Å². The molecule has 0 aliphatic carbocycles. The molecule has 144 valence electrons. The van der Waals surface area contributed by atoms with Gasteiger partial charge in [-0.2, -0.15) is 0 Å². The van der Waals surface area contributed by atoms with Crippen molar-refractivity contribution in [3.05, 3.63) is 64.9 Å². The Morgan fingerprint density at radius 2 is 1.96 bits per heavy atom. The van der Waals surface area contributed by atoms with Crippen LogP contribution >= 0.6 is 23.4 Å². The fourth-order valence-electron chi connectivity index (χ4n) is 3.07. The number of morpholine rings is 1. The smallest absolute Gasteiger partial charge is 0.230 e. The van der Waals surface area contributed by atoms with E-state index in [-0.39, 0.29) is 11.9 Å². The van der Waals surface area contributed by atoms with E-state index in [1.54, 1.807) is 24.2 Å². The Labute approximate surface area is 169 Å². The molecule has 1 aromatic carbocycles. The molecule has 5 nitrogen and oxygen atoms in total. The first-order valence-electron chi connectivity index (χ1n) is 9.03. The second kappa shape index (κ2) is 10.7. The van der Waals surface area contributed by atoms with Gasteiger partial charge in [-0.05, 0) is 29.3 Å². The predicted octanol–water partition coefficient (Wildman–Crippen LogP) is 3.16. The monoisotopic (exact) mass is 405 g/mol. The van der Waals surface area contributed by atoms with Gasteiger partial charge in [0.1, 0.15) is 0 Å². The largest absolute Gasteiger partial charge is 0.379 e. The van der Waals surface area contributed by atoms with Gasteiger partial charge in [-0.1, -0.05) is 29.8 Å². The normalized spacial score (nSPS) is 16.0. The SMILES string of the molecule is O=C(CSCc1ccncc1)NCC(c1ccccc1Cl)N1CCOCC1. The molecule has 0 saturated carbocycles. The maximum atomic E-state index is 12.3. The number of benzene rings is 1. The summed E-state index contributed by atoms with van der Waals surface area (Å²) in [4.78, 5) is 18.6. The highest BCUT2D eigenvalue weighted by Gasteiger charge is 2.24. The quantitative estimate of drug-likeness (QED) is 0.731. The van der Waals surface area contributed by atoms with Crippen molar-refractivity contribution in [1.29, 1.82) is 0 Å². The van der Waals surface area contributed by atoms with Crippen LogP contribution in [0.3, 0.4) is 0 Å². The van der Waals surface area contributed by atoms with Gasteiger partial charge in [-0.25, -0.2) is 0 Å². The van der Waals surface area contributed by atoms with Crippen LogP contribution in [-0.2, 0) is 15.3 Å². The highest BCUT2D eigenvalue weighted by atomic mass is 35.5. The number of carbonyl (C=O) groups is 1. The minimum absolute atomic E-state index is 0.0411. The van der Waals surface area contributed by atoms with Crippen molar-refractivity contribution in [2.24, 2.45) is 0 Å². The van der Waals surface area contributed by atoms with Crippen molar-refractivity contribution < 1.29 is 9.53 Å². The Morgan fingerprint density at radius 3 is 2.70 bits per heavy atom. The summed E-state index contributed by atoms with van der Waals surface area (Å²) in [5.41, 5.74) is 2.22. The molecule has 2 heterocycles. The maximum Gasteiger partial charge on any atom is 0.230 e. The number of amides is 1. The van der Waals surface area contributed by atoms with E-state index in [1.807, 2.05) is 36.4 Å².